The first-order valence-electron chi connectivity index (χ1n) is 12.5. The minimum Gasteiger partial charge on any atom is -0.452 e. The second-order valence-corrected chi connectivity index (χ2v) is 10.1. The second-order valence-electron chi connectivity index (χ2n) is 9.21. The molecule has 0 atom stereocenters. The molecule has 3 aromatic carbocycles. The lowest BCUT2D eigenvalue weighted by atomic mass is 9.97. The van der Waals surface area contributed by atoms with Crippen molar-refractivity contribution in [3.8, 4) is 11.3 Å². The van der Waals surface area contributed by atoms with Crippen molar-refractivity contribution in [2.45, 2.75) is 32.1 Å². The van der Waals surface area contributed by atoms with Crippen LogP contribution in [0.25, 0.3) is 32.9 Å². The van der Waals surface area contributed by atoms with Crippen LogP contribution >= 0.6 is 11.3 Å². The van der Waals surface area contributed by atoms with E-state index in [4.69, 9.17) is 9.72 Å². The number of esters is 1. The molecule has 6 rings (SSSR count). The van der Waals surface area contributed by atoms with Crippen LogP contribution in [0.15, 0.2) is 72.1 Å². The Morgan fingerprint density at radius 1 is 0.892 bits per heavy atom. The average Bonchev–Trinajstić information content (AvgIpc) is 3.26. The van der Waals surface area contributed by atoms with E-state index >= 15 is 0 Å². The first-order valence-corrected chi connectivity index (χ1v) is 13.4. The number of carbonyl (C=O) groups is 2. The Bertz CT molecular complexity index is 1640. The number of pyridine rings is 1. The van der Waals surface area contributed by atoms with Gasteiger partial charge < -0.3 is 4.74 Å². The van der Waals surface area contributed by atoms with Gasteiger partial charge in [0.15, 0.2) is 11.7 Å². The zero-order chi connectivity index (χ0) is 25.2. The van der Waals surface area contributed by atoms with Gasteiger partial charge in [-0.15, -0.1) is 11.3 Å². The first kappa shape index (κ1) is 23.3. The molecular weight excluding hydrogens is 482 g/mol. The van der Waals surface area contributed by atoms with E-state index in [1.54, 1.807) is 0 Å². The number of aryl methyl sites for hydroxylation is 1. The summed E-state index contributed by atoms with van der Waals surface area (Å²) in [6.07, 6.45) is 4.82. The molecule has 0 radical (unpaired) electrons. The molecule has 2 heterocycles. The fourth-order valence-corrected chi connectivity index (χ4v) is 5.69. The smallest absolute Gasteiger partial charge is 0.339 e. The van der Waals surface area contributed by atoms with Crippen LogP contribution in [-0.2, 0) is 22.4 Å². The molecule has 5 aromatic rings. The van der Waals surface area contributed by atoms with Crippen LogP contribution in [0, 0.1) is 0 Å². The van der Waals surface area contributed by atoms with Crippen LogP contribution in [0.5, 0.6) is 0 Å². The Hall–Kier alpha value is -4.10. The van der Waals surface area contributed by atoms with E-state index in [0.29, 0.717) is 10.7 Å². The number of anilines is 1. The van der Waals surface area contributed by atoms with Crippen molar-refractivity contribution >= 4 is 50.0 Å². The number of amides is 1. The SMILES string of the molecule is O=C(COC(=O)c1c2c(nc3ccccc13)CCCCC2)Nc1nc(-c2ccc3ccccc3c2)cs1. The lowest BCUT2D eigenvalue weighted by Crippen LogP contribution is -2.22. The lowest BCUT2D eigenvalue weighted by molar-refractivity contribution is -0.119. The summed E-state index contributed by atoms with van der Waals surface area (Å²) in [6.45, 7) is -0.380. The third kappa shape index (κ3) is 4.82. The van der Waals surface area contributed by atoms with Gasteiger partial charge in [0.25, 0.3) is 5.91 Å². The zero-order valence-electron chi connectivity index (χ0n) is 20.2. The van der Waals surface area contributed by atoms with Crippen LogP contribution in [0.1, 0.15) is 40.9 Å². The minimum absolute atomic E-state index is 0.380. The zero-order valence-corrected chi connectivity index (χ0v) is 21.0. The number of carbonyl (C=O) groups excluding carboxylic acids is 2. The van der Waals surface area contributed by atoms with Gasteiger partial charge in [-0.1, -0.05) is 61.0 Å². The Balaban J connectivity index is 1.16. The number of ether oxygens (including phenoxy) is 1. The van der Waals surface area contributed by atoms with E-state index in [1.165, 1.54) is 11.3 Å². The normalized spacial score (nSPS) is 13.2. The molecule has 0 saturated carbocycles. The number of rotatable bonds is 5. The molecule has 0 fully saturated rings. The molecule has 37 heavy (non-hydrogen) atoms. The van der Waals surface area contributed by atoms with E-state index in [-0.39, 0.29) is 6.61 Å². The number of para-hydroxylation sites is 1. The van der Waals surface area contributed by atoms with Crippen LogP contribution in [0.4, 0.5) is 5.13 Å². The molecule has 6 nitrogen and oxygen atoms in total. The van der Waals surface area contributed by atoms with Gasteiger partial charge in [0.2, 0.25) is 0 Å². The molecule has 0 saturated heterocycles. The molecule has 0 spiro atoms. The van der Waals surface area contributed by atoms with Gasteiger partial charge in [0.1, 0.15) is 0 Å². The Labute approximate surface area is 218 Å². The number of fused-ring (bicyclic) bond motifs is 3. The molecule has 0 unspecified atom stereocenters. The third-order valence-electron chi connectivity index (χ3n) is 6.75. The largest absolute Gasteiger partial charge is 0.452 e. The van der Waals surface area contributed by atoms with Crippen molar-refractivity contribution in [1.29, 1.82) is 0 Å². The number of nitrogens with zero attached hydrogens (tertiary/aromatic N) is 2. The lowest BCUT2D eigenvalue weighted by Gasteiger charge is -2.14. The summed E-state index contributed by atoms with van der Waals surface area (Å²) in [5.74, 6) is -0.903. The van der Waals surface area contributed by atoms with Crippen molar-refractivity contribution in [2.24, 2.45) is 0 Å². The predicted octanol–water partition coefficient (Wildman–Crippen LogP) is 6.58. The predicted molar refractivity (Wildman–Crippen MR) is 147 cm³/mol. The summed E-state index contributed by atoms with van der Waals surface area (Å²) in [6, 6.07) is 21.9. The highest BCUT2D eigenvalue weighted by Gasteiger charge is 2.23. The fourth-order valence-electron chi connectivity index (χ4n) is 4.95. The topological polar surface area (TPSA) is 81.2 Å². The highest BCUT2D eigenvalue weighted by atomic mass is 32.1. The Morgan fingerprint density at radius 3 is 2.62 bits per heavy atom. The standard InChI is InChI=1S/C30H25N3O3S/c34-27(33-30-32-26(18-37-30)21-15-14-19-8-4-5-9-20(19)16-21)17-36-29(35)28-22-10-2-1-3-12-24(22)31-25-13-7-6-11-23(25)28/h4-9,11,13-16,18H,1-3,10,12,17H2,(H,32,33,34). The molecule has 2 aromatic heterocycles. The molecule has 184 valence electrons. The van der Waals surface area contributed by atoms with Crippen molar-refractivity contribution < 1.29 is 14.3 Å². The number of benzene rings is 3. The first-order chi connectivity index (χ1) is 18.2. The Morgan fingerprint density at radius 2 is 1.70 bits per heavy atom. The van der Waals surface area contributed by atoms with Crippen LogP contribution in [-0.4, -0.2) is 28.5 Å². The monoisotopic (exact) mass is 507 g/mol. The summed E-state index contributed by atoms with van der Waals surface area (Å²) in [4.78, 5) is 35.3. The van der Waals surface area contributed by atoms with Crippen molar-refractivity contribution in [3.05, 3.63) is 88.9 Å². The minimum atomic E-state index is -0.483. The maximum atomic E-state index is 13.3. The summed E-state index contributed by atoms with van der Waals surface area (Å²) in [5.41, 5.74) is 5.02. The average molecular weight is 508 g/mol. The number of hydrogen-bond acceptors (Lipinski definition) is 6. The number of aromatic nitrogens is 2. The number of thiazole rings is 1. The van der Waals surface area contributed by atoms with Crippen molar-refractivity contribution in [1.82, 2.24) is 9.97 Å². The quantitative estimate of drug-likeness (QED) is 0.215. The van der Waals surface area contributed by atoms with E-state index in [9.17, 15) is 9.59 Å². The summed E-state index contributed by atoms with van der Waals surface area (Å²) in [7, 11) is 0. The number of nitrogens with one attached hydrogen (secondary N) is 1. The van der Waals surface area contributed by atoms with Gasteiger partial charge in [-0.25, -0.2) is 9.78 Å². The third-order valence-corrected chi connectivity index (χ3v) is 7.51. The van der Waals surface area contributed by atoms with Gasteiger partial charge in [-0.05, 0) is 54.2 Å². The fraction of sp³-hybridized carbons (Fsp3) is 0.200. The van der Waals surface area contributed by atoms with Gasteiger partial charge in [0, 0.05) is 22.0 Å². The highest BCUT2D eigenvalue weighted by molar-refractivity contribution is 7.14. The molecule has 7 heteroatoms. The van der Waals surface area contributed by atoms with Gasteiger partial charge in [-0.2, -0.15) is 0 Å². The summed E-state index contributed by atoms with van der Waals surface area (Å²) in [5, 5.41) is 8.20. The molecule has 1 aliphatic rings. The molecular formula is C30H25N3O3S. The maximum absolute atomic E-state index is 13.3. The molecule has 1 amide bonds. The van der Waals surface area contributed by atoms with E-state index < -0.39 is 11.9 Å². The molecule has 1 aliphatic carbocycles. The summed E-state index contributed by atoms with van der Waals surface area (Å²) >= 11 is 1.34. The molecule has 1 N–H and O–H groups in total. The summed E-state index contributed by atoms with van der Waals surface area (Å²) < 4.78 is 5.51. The van der Waals surface area contributed by atoms with Crippen LogP contribution in [0.2, 0.25) is 0 Å². The highest BCUT2D eigenvalue weighted by Crippen LogP contribution is 2.30. The van der Waals surface area contributed by atoms with Gasteiger partial charge >= 0.3 is 5.97 Å². The van der Waals surface area contributed by atoms with E-state index in [0.717, 1.165) is 76.3 Å². The van der Waals surface area contributed by atoms with E-state index in [2.05, 4.69) is 34.6 Å². The Kier molecular flexibility index (Phi) is 6.37. The van der Waals surface area contributed by atoms with Crippen LogP contribution in [0.3, 0.4) is 0 Å². The maximum Gasteiger partial charge on any atom is 0.339 e. The van der Waals surface area contributed by atoms with Gasteiger partial charge in [0.05, 0.1) is 16.8 Å². The van der Waals surface area contributed by atoms with Gasteiger partial charge in [-0.3, -0.25) is 15.1 Å². The second kappa shape index (κ2) is 10.1. The van der Waals surface area contributed by atoms with Crippen LogP contribution < -0.4 is 5.32 Å². The molecule has 0 bridgehead atoms. The molecule has 0 aliphatic heterocycles. The van der Waals surface area contributed by atoms with E-state index in [1.807, 2.05) is 47.8 Å². The van der Waals surface area contributed by atoms with Crippen molar-refractivity contribution in [3.63, 3.8) is 0 Å². The number of hydrogen-bond donors (Lipinski definition) is 1. The van der Waals surface area contributed by atoms with Crippen molar-refractivity contribution in [2.75, 3.05) is 11.9 Å².